The zero-order valence-electron chi connectivity index (χ0n) is 14.5. The highest BCUT2D eigenvalue weighted by Gasteiger charge is 2.09. The molecule has 2 aromatic rings. The summed E-state index contributed by atoms with van der Waals surface area (Å²) < 4.78 is 0. The Morgan fingerprint density at radius 3 is 2.48 bits per heavy atom. The summed E-state index contributed by atoms with van der Waals surface area (Å²) >= 11 is 0. The molecule has 0 atom stereocenters. The van der Waals surface area contributed by atoms with Crippen LogP contribution in [0.4, 0.5) is 5.69 Å². The number of anilines is 1. The van der Waals surface area contributed by atoms with Crippen LogP contribution in [0.2, 0.25) is 0 Å². The zero-order chi connectivity index (χ0) is 17.3. The lowest BCUT2D eigenvalue weighted by Gasteiger charge is -2.22. The fourth-order valence-corrected chi connectivity index (χ4v) is 3.04. The van der Waals surface area contributed by atoms with Crippen LogP contribution in [0.25, 0.3) is 6.08 Å². The summed E-state index contributed by atoms with van der Waals surface area (Å²) in [6.07, 6.45) is 10.4. The van der Waals surface area contributed by atoms with Gasteiger partial charge in [-0.15, -0.1) is 0 Å². The molecule has 0 radical (unpaired) electrons. The van der Waals surface area contributed by atoms with E-state index in [2.05, 4.69) is 39.5 Å². The molecule has 1 amide bonds. The molecule has 1 aromatic heterocycles. The number of benzene rings is 1. The summed E-state index contributed by atoms with van der Waals surface area (Å²) in [6, 6.07) is 14.1. The summed E-state index contributed by atoms with van der Waals surface area (Å²) in [6.45, 7) is 2.73. The Balaban J connectivity index is 1.51. The van der Waals surface area contributed by atoms with Crippen molar-refractivity contribution >= 4 is 17.7 Å². The molecule has 0 saturated carbocycles. The van der Waals surface area contributed by atoms with Crippen molar-refractivity contribution in [3.63, 3.8) is 0 Å². The van der Waals surface area contributed by atoms with Gasteiger partial charge in [-0.1, -0.05) is 31.0 Å². The molecule has 4 nitrogen and oxygen atoms in total. The third-order valence-corrected chi connectivity index (χ3v) is 4.46. The number of hydrogen-bond donors (Lipinski definition) is 1. The molecular formula is C21H25N3O. The van der Waals surface area contributed by atoms with Gasteiger partial charge in [-0.3, -0.25) is 9.78 Å². The third kappa shape index (κ3) is 5.45. The Bertz CT molecular complexity index is 687. The summed E-state index contributed by atoms with van der Waals surface area (Å²) in [5.74, 6) is -0.109. The number of pyridine rings is 1. The van der Waals surface area contributed by atoms with Crippen molar-refractivity contribution in [2.45, 2.75) is 32.2 Å². The molecule has 1 N–H and O–H groups in total. The quantitative estimate of drug-likeness (QED) is 0.846. The molecular weight excluding hydrogens is 310 g/mol. The minimum absolute atomic E-state index is 0.109. The van der Waals surface area contributed by atoms with E-state index >= 15 is 0 Å². The fraction of sp³-hybridized carbons (Fsp3) is 0.333. The van der Waals surface area contributed by atoms with E-state index < -0.39 is 0 Å². The molecule has 0 aliphatic carbocycles. The number of hydrogen-bond acceptors (Lipinski definition) is 3. The zero-order valence-corrected chi connectivity index (χ0v) is 14.5. The summed E-state index contributed by atoms with van der Waals surface area (Å²) in [4.78, 5) is 18.6. The van der Waals surface area contributed by atoms with Gasteiger partial charge in [0.25, 0.3) is 0 Å². The number of carbonyl (C=O) groups excluding carboxylic acids is 1. The van der Waals surface area contributed by atoms with Crippen LogP contribution in [0.3, 0.4) is 0 Å². The van der Waals surface area contributed by atoms with Crippen molar-refractivity contribution in [1.29, 1.82) is 0 Å². The van der Waals surface area contributed by atoms with Gasteiger partial charge in [-0.25, -0.2) is 0 Å². The van der Waals surface area contributed by atoms with Crippen LogP contribution in [0.15, 0.2) is 54.7 Å². The van der Waals surface area contributed by atoms with Crippen LogP contribution in [-0.4, -0.2) is 24.0 Å². The summed E-state index contributed by atoms with van der Waals surface area (Å²) in [5, 5.41) is 2.84. The molecule has 1 saturated heterocycles. The first kappa shape index (κ1) is 17.2. The highest BCUT2D eigenvalue weighted by atomic mass is 16.1. The second kappa shape index (κ2) is 9.02. The van der Waals surface area contributed by atoms with Gasteiger partial charge >= 0.3 is 0 Å². The average molecular weight is 335 g/mol. The van der Waals surface area contributed by atoms with E-state index in [1.165, 1.54) is 31.4 Å². The molecule has 3 rings (SSSR count). The van der Waals surface area contributed by atoms with Gasteiger partial charge in [0.15, 0.2) is 0 Å². The number of nitrogens with one attached hydrogen (secondary N) is 1. The molecule has 1 aliphatic heterocycles. The van der Waals surface area contributed by atoms with Gasteiger partial charge in [0.05, 0.1) is 12.2 Å². The fourth-order valence-electron chi connectivity index (χ4n) is 3.04. The lowest BCUT2D eigenvalue weighted by atomic mass is 10.1. The van der Waals surface area contributed by atoms with Gasteiger partial charge in [-0.05, 0) is 48.7 Å². The Hall–Kier alpha value is -2.62. The molecule has 0 unspecified atom stereocenters. The van der Waals surface area contributed by atoms with Crippen molar-refractivity contribution in [1.82, 2.24) is 10.3 Å². The molecule has 130 valence electrons. The molecule has 0 spiro atoms. The van der Waals surface area contributed by atoms with Crippen LogP contribution in [-0.2, 0) is 11.3 Å². The Labute approximate surface area is 149 Å². The number of carbonyl (C=O) groups is 1. The SMILES string of the molecule is O=C(/C=C/c1ccc(N2CCCCCC2)cc1)NCc1ccccn1. The first-order valence-electron chi connectivity index (χ1n) is 9.02. The minimum atomic E-state index is -0.109. The van der Waals surface area contributed by atoms with Crippen LogP contribution in [0, 0.1) is 0 Å². The molecule has 0 bridgehead atoms. The van der Waals surface area contributed by atoms with Crippen molar-refractivity contribution in [3.05, 3.63) is 66.0 Å². The first-order valence-corrected chi connectivity index (χ1v) is 9.02. The molecule has 1 aliphatic rings. The second-order valence-corrected chi connectivity index (χ2v) is 6.37. The predicted octanol–water partition coefficient (Wildman–Crippen LogP) is 3.79. The normalized spacial score (nSPS) is 15.1. The predicted molar refractivity (Wildman–Crippen MR) is 102 cm³/mol. The van der Waals surface area contributed by atoms with E-state index in [1.807, 2.05) is 24.3 Å². The van der Waals surface area contributed by atoms with E-state index in [0.717, 1.165) is 24.3 Å². The Morgan fingerprint density at radius 2 is 1.80 bits per heavy atom. The number of rotatable bonds is 5. The van der Waals surface area contributed by atoms with E-state index in [0.29, 0.717) is 6.54 Å². The second-order valence-electron chi connectivity index (χ2n) is 6.37. The maximum absolute atomic E-state index is 11.9. The largest absolute Gasteiger partial charge is 0.372 e. The average Bonchev–Trinajstić information content (AvgIpc) is 2.95. The molecule has 1 fully saturated rings. The van der Waals surface area contributed by atoms with E-state index in [4.69, 9.17) is 0 Å². The highest BCUT2D eigenvalue weighted by molar-refractivity contribution is 5.91. The van der Waals surface area contributed by atoms with E-state index in [9.17, 15) is 4.79 Å². The molecule has 4 heteroatoms. The lowest BCUT2D eigenvalue weighted by molar-refractivity contribution is -0.116. The molecule has 1 aromatic carbocycles. The Kier molecular flexibility index (Phi) is 6.21. The van der Waals surface area contributed by atoms with Crippen molar-refractivity contribution in [2.24, 2.45) is 0 Å². The molecule has 25 heavy (non-hydrogen) atoms. The third-order valence-electron chi connectivity index (χ3n) is 4.46. The number of aromatic nitrogens is 1. The van der Waals surface area contributed by atoms with Gasteiger partial charge in [0, 0.05) is 31.0 Å². The van der Waals surface area contributed by atoms with Crippen LogP contribution >= 0.6 is 0 Å². The van der Waals surface area contributed by atoms with Crippen molar-refractivity contribution < 1.29 is 4.79 Å². The standard InChI is InChI=1S/C21H25N3O/c25-21(23-17-19-7-3-4-14-22-19)13-10-18-8-11-20(12-9-18)24-15-5-1-2-6-16-24/h3-4,7-14H,1-2,5-6,15-17H2,(H,23,25)/b13-10+. The van der Waals surface area contributed by atoms with Crippen molar-refractivity contribution in [2.75, 3.05) is 18.0 Å². The van der Waals surface area contributed by atoms with Crippen molar-refractivity contribution in [3.8, 4) is 0 Å². The van der Waals surface area contributed by atoms with Crippen LogP contribution in [0.1, 0.15) is 36.9 Å². The first-order chi connectivity index (χ1) is 12.3. The highest BCUT2D eigenvalue weighted by Crippen LogP contribution is 2.20. The van der Waals surface area contributed by atoms with Gasteiger partial charge < -0.3 is 10.2 Å². The van der Waals surface area contributed by atoms with Crippen LogP contribution < -0.4 is 10.2 Å². The van der Waals surface area contributed by atoms with E-state index in [1.54, 1.807) is 12.3 Å². The maximum Gasteiger partial charge on any atom is 0.244 e. The lowest BCUT2D eigenvalue weighted by Crippen LogP contribution is -2.23. The molecule has 2 heterocycles. The van der Waals surface area contributed by atoms with Crippen LogP contribution in [0.5, 0.6) is 0 Å². The maximum atomic E-state index is 11.9. The van der Waals surface area contributed by atoms with Gasteiger partial charge in [-0.2, -0.15) is 0 Å². The summed E-state index contributed by atoms with van der Waals surface area (Å²) in [5.41, 5.74) is 3.16. The minimum Gasteiger partial charge on any atom is -0.372 e. The number of nitrogens with zero attached hydrogens (tertiary/aromatic N) is 2. The number of amides is 1. The van der Waals surface area contributed by atoms with Gasteiger partial charge in [0.2, 0.25) is 5.91 Å². The Morgan fingerprint density at radius 1 is 1.04 bits per heavy atom. The monoisotopic (exact) mass is 335 g/mol. The smallest absolute Gasteiger partial charge is 0.244 e. The van der Waals surface area contributed by atoms with E-state index in [-0.39, 0.29) is 5.91 Å². The van der Waals surface area contributed by atoms with Gasteiger partial charge in [0.1, 0.15) is 0 Å². The summed E-state index contributed by atoms with van der Waals surface area (Å²) in [7, 11) is 0. The topological polar surface area (TPSA) is 45.2 Å².